The number of benzene rings is 2. The Hall–Kier alpha value is -2.30. The average Bonchev–Trinajstić information content (AvgIpc) is 3.83. The second kappa shape index (κ2) is 17.5. The minimum Gasteiger partial charge on any atom is -0.393 e. The Morgan fingerprint density at radius 2 is 1.05 bits per heavy atom. The second-order valence-electron chi connectivity index (χ2n) is 22.0. The van der Waals surface area contributed by atoms with E-state index in [0.29, 0.717) is 28.1 Å². The molecule has 8 unspecified atom stereocenters. The molecular formula is C52H80O4. The first kappa shape index (κ1) is 44.8. The van der Waals surface area contributed by atoms with Crippen molar-refractivity contribution in [3.05, 3.63) is 69.8 Å². The molecule has 4 heteroatoms. The molecule has 56 heavy (non-hydrogen) atoms. The quantitative estimate of drug-likeness (QED) is 0.304. The summed E-state index contributed by atoms with van der Waals surface area (Å²) < 4.78 is 0. The monoisotopic (exact) mass is 769 g/mol. The molecule has 8 rings (SSSR count). The fourth-order valence-electron chi connectivity index (χ4n) is 12.1. The summed E-state index contributed by atoms with van der Waals surface area (Å²) in [5.41, 5.74) is 8.92. The van der Waals surface area contributed by atoms with Crippen LogP contribution in [0.2, 0.25) is 0 Å². The maximum Gasteiger partial charge on any atom is 0.159 e. The molecule has 0 aliphatic heterocycles. The fourth-order valence-corrected chi connectivity index (χ4v) is 12.1. The summed E-state index contributed by atoms with van der Waals surface area (Å²) in [7, 11) is 0. The molecule has 6 aliphatic rings. The number of carbonyl (C=O) groups is 2. The van der Waals surface area contributed by atoms with Crippen LogP contribution in [0.15, 0.2) is 36.4 Å². The number of Topliss-reactive ketones (excluding diaryl/α,β-unsaturated/α-hetero) is 2. The number of rotatable bonds is 4. The Kier molecular flexibility index (Phi) is 14.0. The van der Waals surface area contributed by atoms with Crippen LogP contribution in [0, 0.1) is 46.3 Å². The third-order valence-corrected chi connectivity index (χ3v) is 16.3. The number of hydrogen-bond acceptors (Lipinski definition) is 4. The molecule has 312 valence electrons. The normalized spacial score (nSPS) is 30.6. The van der Waals surface area contributed by atoms with E-state index in [4.69, 9.17) is 0 Å². The van der Waals surface area contributed by atoms with Gasteiger partial charge in [0.25, 0.3) is 0 Å². The predicted molar refractivity (Wildman–Crippen MR) is 234 cm³/mol. The van der Waals surface area contributed by atoms with Crippen molar-refractivity contribution in [2.24, 2.45) is 46.3 Å². The van der Waals surface area contributed by atoms with Crippen molar-refractivity contribution in [3.8, 4) is 0 Å². The van der Waals surface area contributed by atoms with E-state index in [9.17, 15) is 19.8 Å². The highest BCUT2D eigenvalue weighted by Gasteiger charge is 2.46. The minimum absolute atomic E-state index is 0.0836. The predicted octanol–water partition coefficient (Wildman–Crippen LogP) is 12.7. The Morgan fingerprint density at radius 3 is 1.66 bits per heavy atom. The lowest BCUT2D eigenvalue weighted by atomic mass is 9.67. The van der Waals surface area contributed by atoms with Crippen molar-refractivity contribution in [3.63, 3.8) is 0 Å². The van der Waals surface area contributed by atoms with Gasteiger partial charge in [-0.05, 0) is 209 Å². The lowest BCUT2D eigenvalue weighted by molar-refractivity contribution is 0.0438. The lowest BCUT2D eigenvalue weighted by Gasteiger charge is -2.39. The maximum atomic E-state index is 11.3. The number of ketones is 2. The van der Waals surface area contributed by atoms with Crippen LogP contribution < -0.4 is 0 Å². The standard InChI is InChI=1S/C13H24O.C13H16O.C13H24O.C13H16O/c2*1-9(14)10-4-5-12-11(8-10)6-7-13(12,2)3;2*1-9(14)11-5-4-10-6-7-13(2,3)12(10)8-11/h9-12,14H,4-8H2,1-3H3;4-5,8H,6-7H2,1-3H3;9-12,14H,4-8H2,1-3H3;4-5,8H,6-7H2,1-3H3. The van der Waals surface area contributed by atoms with Gasteiger partial charge in [0.05, 0.1) is 12.2 Å². The summed E-state index contributed by atoms with van der Waals surface area (Å²) in [5.74, 6) is 5.21. The van der Waals surface area contributed by atoms with Crippen molar-refractivity contribution in [2.45, 2.75) is 196 Å². The molecule has 0 heterocycles. The molecule has 0 bridgehead atoms. The highest BCUT2D eigenvalue weighted by molar-refractivity contribution is 5.95. The third kappa shape index (κ3) is 10.3. The Balaban J connectivity index is 0.000000143. The first-order chi connectivity index (χ1) is 26.0. The van der Waals surface area contributed by atoms with Crippen LogP contribution in [0.1, 0.15) is 203 Å². The van der Waals surface area contributed by atoms with E-state index >= 15 is 0 Å². The van der Waals surface area contributed by atoms with Gasteiger partial charge >= 0.3 is 0 Å². The summed E-state index contributed by atoms with van der Waals surface area (Å²) in [6, 6.07) is 12.3. The molecule has 4 fully saturated rings. The van der Waals surface area contributed by atoms with E-state index in [-0.39, 0.29) is 29.2 Å². The number of aryl methyl sites for hydroxylation is 2. The van der Waals surface area contributed by atoms with Gasteiger partial charge in [0, 0.05) is 11.1 Å². The van der Waals surface area contributed by atoms with Crippen molar-refractivity contribution in [2.75, 3.05) is 0 Å². The topological polar surface area (TPSA) is 74.6 Å². The second-order valence-corrected chi connectivity index (χ2v) is 22.0. The van der Waals surface area contributed by atoms with E-state index in [2.05, 4.69) is 79.7 Å². The zero-order valence-corrected chi connectivity index (χ0v) is 37.7. The molecule has 0 aromatic heterocycles. The summed E-state index contributed by atoms with van der Waals surface area (Å²) in [6.07, 6.45) is 17.9. The third-order valence-electron chi connectivity index (χ3n) is 16.3. The van der Waals surface area contributed by atoms with Crippen LogP contribution in [0.25, 0.3) is 0 Å². The van der Waals surface area contributed by atoms with Gasteiger partial charge in [0.1, 0.15) is 0 Å². The number of carbonyl (C=O) groups excluding carboxylic acids is 2. The molecule has 0 radical (unpaired) electrons. The smallest absolute Gasteiger partial charge is 0.159 e. The van der Waals surface area contributed by atoms with Crippen LogP contribution in [0.4, 0.5) is 0 Å². The van der Waals surface area contributed by atoms with Gasteiger partial charge in [-0.3, -0.25) is 9.59 Å². The molecule has 6 aliphatic carbocycles. The Bertz CT molecular complexity index is 1670. The van der Waals surface area contributed by atoms with Gasteiger partial charge in [-0.2, -0.15) is 0 Å². The molecule has 8 atom stereocenters. The van der Waals surface area contributed by atoms with Crippen LogP contribution in [0.3, 0.4) is 0 Å². The van der Waals surface area contributed by atoms with Gasteiger partial charge in [0.2, 0.25) is 0 Å². The Morgan fingerprint density at radius 1 is 0.554 bits per heavy atom. The molecule has 2 N–H and O–H groups in total. The Labute approximate surface area is 342 Å². The number of fused-ring (bicyclic) bond motifs is 4. The summed E-state index contributed by atoms with van der Waals surface area (Å²) >= 11 is 0. The molecule has 2 aromatic carbocycles. The van der Waals surface area contributed by atoms with Gasteiger partial charge in [-0.15, -0.1) is 0 Å². The van der Waals surface area contributed by atoms with Crippen molar-refractivity contribution >= 4 is 11.6 Å². The number of aliphatic hydroxyl groups is 2. The highest BCUT2D eigenvalue weighted by atomic mass is 16.3. The zero-order chi connectivity index (χ0) is 41.4. The van der Waals surface area contributed by atoms with E-state index in [1.807, 2.05) is 26.0 Å². The summed E-state index contributed by atoms with van der Waals surface area (Å²) in [4.78, 5) is 22.5. The lowest BCUT2D eigenvalue weighted by Crippen LogP contribution is -2.33. The highest BCUT2D eigenvalue weighted by Crippen LogP contribution is 2.55. The maximum absolute atomic E-state index is 11.3. The summed E-state index contributed by atoms with van der Waals surface area (Å²) in [5, 5.41) is 19.3. The van der Waals surface area contributed by atoms with Crippen LogP contribution in [-0.2, 0) is 23.7 Å². The molecule has 4 saturated carbocycles. The van der Waals surface area contributed by atoms with E-state index in [1.165, 1.54) is 99.3 Å². The van der Waals surface area contributed by atoms with Crippen molar-refractivity contribution < 1.29 is 19.8 Å². The van der Waals surface area contributed by atoms with Crippen molar-refractivity contribution in [1.29, 1.82) is 0 Å². The average molecular weight is 769 g/mol. The van der Waals surface area contributed by atoms with E-state index in [0.717, 1.165) is 47.6 Å². The fraction of sp³-hybridized carbons (Fsp3) is 0.731. The largest absolute Gasteiger partial charge is 0.393 e. The number of aliphatic hydroxyl groups excluding tert-OH is 2. The van der Waals surface area contributed by atoms with Crippen LogP contribution in [0.5, 0.6) is 0 Å². The first-order valence-electron chi connectivity index (χ1n) is 22.7. The first-order valence-corrected chi connectivity index (χ1v) is 22.7. The van der Waals surface area contributed by atoms with E-state index < -0.39 is 0 Å². The molecule has 0 amide bonds. The van der Waals surface area contributed by atoms with Gasteiger partial charge in [-0.25, -0.2) is 0 Å². The molecule has 2 aromatic rings. The minimum atomic E-state index is -0.0904. The molecule has 0 saturated heterocycles. The van der Waals surface area contributed by atoms with Gasteiger partial charge in [-0.1, -0.05) is 79.7 Å². The zero-order valence-electron chi connectivity index (χ0n) is 37.7. The molecule has 4 nitrogen and oxygen atoms in total. The SMILES string of the molecule is CC(=O)c1ccc2c(c1)C(C)(C)CC2.CC(=O)c1ccc2c(c1)CCC2(C)C.CC(O)C1CCC2C(CCC2(C)C)C1.CC(O)C1CCC2CCC(C)(C)C2C1. The number of hydrogen-bond donors (Lipinski definition) is 2. The molecule has 0 spiro atoms. The van der Waals surface area contributed by atoms with Crippen LogP contribution >= 0.6 is 0 Å². The van der Waals surface area contributed by atoms with Crippen LogP contribution in [-0.4, -0.2) is 34.0 Å². The van der Waals surface area contributed by atoms with E-state index in [1.54, 1.807) is 13.8 Å². The molecular weight excluding hydrogens is 689 g/mol. The van der Waals surface area contributed by atoms with Gasteiger partial charge < -0.3 is 10.2 Å². The van der Waals surface area contributed by atoms with Gasteiger partial charge in [0.15, 0.2) is 11.6 Å². The van der Waals surface area contributed by atoms with Crippen molar-refractivity contribution in [1.82, 2.24) is 0 Å². The summed E-state index contributed by atoms with van der Waals surface area (Å²) in [6.45, 7) is 25.9.